The number of allylic oxidation sites excluding steroid dienone is 2. The van der Waals surface area contributed by atoms with E-state index in [4.69, 9.17) is 0 Å². The smallest absolute Gasteiger partial charge is 0.0541 e. The van der Waals surface area contributed by atoms with Crippen LogP contribution in [0.15, 0.2) is 170 Å². The molecule has 0 aliphatic rings. The van der Waals surface area contributed by atoms with Crippen molar-refractivity contribution in [3.05, 3.63) is 182 Å². The Morgan fingerprint density at radius 3 is 1.46 bits per heavy atom. The Labute approximate surface area is 269 Å². The molecule has 0 aliphatic carbocycles. The van der Waals surface area contributed by atoms with Crippen LogP contribution >= 0.6 is 0 Å². The number of hydrogen-bond donors (Lipinski definition) is 0. The fourth-order valence-electron chi connectivity index (χ4n) is 6.83. The molecule has 0 atom stereocenters. The Kier molecular flexibility index (Phi) is 6.85. The molecule has 8 rings (SSSR count). The number of aromatic nitrogens is 2. The highest BCUT2D eigenvalue weighted by Crippen LogP contribution is 2.38. The molecule has 0 spiro atoms. The first-order chi connectivity index (χ1) is 22.7. The van der Waals surface area contributed by atoms with E-state index in [0.29, 0.717) is 0 Å². The number of nitrogens with zero attached hydrogens (tertiary/aromatic N) is 3. The summed E-state index contributed by atoms with van der Waals surface area (Å²) in [6.45, 7) is 6.05. The van der Waals surface area contributed by atoms with E-state index in [1.807, 2.05) is 12.2 Å². The summed E-state index contributed by atoms with van der Waals surface area (Å²) in [5.41, 5.74) is 11.6. The lowest BCUT2D eigenvalue weighted by Crippen LogP contribution is -2.10. The molecule has 0 unspecified atom stereocenters. The van der Waals surface area contributed by atoms with Crippen LogP contribution in [0.2, 0.25) is 0 Å². The van der Waals surface area contributed by atoms with Crippen LogP contribution in [0.25, 0.3) is 50.2 Å². The van der Waals surface area contributed by atoms with Crippen LogP contribution in [-0.4, -0.2) is 9.13 Å². The Morgan fingerprint density at radius 1 is 0.478 bits per heavy atom. The minimum Gasteiger partial charge on any atom is -0.313 e. The lowest BCUT2D eigenvalue weighted by molar-refractivity contribution is 1.05. The largest absolute Gasteiger partial charge is 0.313 e. The normalized spacial score (nSPS) is 11.6. The van der Waals surface area contributed by atoms with Gasteiger partial charge in [-0.15, -0.1) is 0 Å². The molecular formula is C43H33N3. The van der Waals surface area contributed by atoms with Gasteiger partial charge in [0.2, 0.25) is 0 Å². The Balaban J connectivity index is 1.21. The maximum atomic E-state index is 3.87. The lowest BCUT2D eigenvalue weighted by Gasteiger charge is -2.26. The number of para-hydroxylation sites is 4. The van der Waals surface area contributed by atoms with Gasteiger partial charge in [-0.25, -0.2) is 0 Å². The summed E-state index contributed by atoms with van der Waals surface area (Å²) < 4.78 is 4.70. The maximum absolute atomic E-state index is 3.87. The van der Waals surface area contributed by atoms with E-state index in [9.17, 15) is 0 Å². The third-order valence-corrected chi connectivity index (χ3v) is 8.89. The number of rotatable bonds is 7. The first kappa shape index (κ1) is 27.5. The SMILES string of the molecule is C=C/C=C\c1c(C)n(-c2ccc(N(c3ccccc3)c3ccc(-n4c5ccccc5c5ccccc54)cc3)cc2)c2ccccc12. The predicted molar refractivity (Wildman–Crippen MR) is 196 cm³/mol. The fourth-order valence-corrected chi connectivity index (χ4v) is 6.83. The molecule has 220 valence electrons. The minimum atomic E-state index is 1.10. The molecule has 3 nitrogen and oxygen atoms in total. The summed E-state index contributed by atoms with van der Waals surface area (Å²) >= 11 is 0. The van der Waals surface area contributed by atoms with Gasteiger partial charge in [0.15, 0.2) is 0 Å². The highest BCUT2D eigenvalue weighted by Gasteiger charge is 2.17. The van der Waals surface area contributed by atoms with Gasteiger partial charge in [-0.2, -0.15) is 0 Å². The van der Waals surface area contributed by atoms with Gasteiger partial charge in [-0.3, -0.25) is 0 Å². The molecule has 0 fully saturated rings. The predicted octanol–water partition coefficient (Wildman–Crippen LogP) is 11.7. The van der Waals surface area contributed by atoms with Crippen molar-refractivity contribution in [1.82, 2.24) is 9.13 Å². The zero-order chi connectivity index (χ0) is 31.0. The first-order valence-corrected chi connectivity index (χ1v) is 15.7. The van der Waals surface area contributed by atoms with Crippen LogP contribution in [0.1, 0.15) is 11.3 Å². The molecule has 0 N–H and O–H groups in total. The maximum Gasteiger partial charge on any atom is 0.0541 e. The van der Waals surface area contributed by atoms with Crippen LogP contribution < -0.4 is 4.90 Å². The lowest BCUT2D eigenvalue weighted by atomic mass is 10.1. The molecule has 0 radical (unpaired) electrons. The number of hydrogen-bond acceptors (Lipinski definition) is 1. The van der Waals surface area contributed by atoms with Gasteiger partial charge in [0.25, 0.3) is 0 Å². The molecule has 0 aliphatic heterocycles. The monoisotopic (exact) mass is 591 g/mol. The van der Waals surface area contributed by atoms with Crippen LogP contribution in [0, 0.1) is 6.92 Å². The molecule has 2 heterocycles. The van der Waals surface area contributed by atoms with E-state index < -0.39 is 0 Å². The van der Waals surface area contributed by atoms with E-state index >= 15 is 0 Å². The van der Waals surface area contributed by atoms with E-state index in [1.54, 1.807) is 0 Å². The van der Waals surface area contributed by atoms with Gasteiger partial charge >= 0.3 is 0 Å². The average molecular weight is 592 g/mol. The Hall–Kier alpha value is -6.06. The zero-order valence-corrected chi connectivity index (χ0v) is 25.7. The topological polar surface area (TPSA) is 13.1 Å². The fraction of sp³-hybridized carbons (Fsp3) is 0.0233. The van der Waals surface area contributed by atoms with Crippen molar-refractivity contribution in [3.63, 3.8) is 0 Å². The third kappa shape index (κ3) is 4.53. The quantitative estimate of drug-likeness (QED) is 0.168. The Morgan fingerprint density at radius 2 is 0.913 bits per heavy atom. The molecule has 3 heteroatoms. The van der Waals surface area contributed by atoms with E-state index in [-0.39, 0.29) is 0 Å². The van der Waals surface area contributed by atoms with Gasteiger partial charge in [-0.05, 0) is 85.8 Å². The van der Waals surface area contributed by atoms with Crippen molar-refractivity contribution in [2.45, 2.75) is 6.92 Å². The first-order valence-electron chi connectivity index (χ1n) is 15.7. The van der Waals surface area contributed by atoms with Gasteiger partial charge in [0.1, 0.15) is 0 Å². The molecule has 0 bridgehead atoms. The number of fused-ring (bicyclic) bond motifs is 4. The standard InChI is InChI=1S/C43H33N3/c1-3-4-16-37-31(2)44(41-20-11-8-17-38(37)41)33-23-25-34(26-24-33)45(32-14-6-5-7-15-32)35-27-29-36(30-28-35)46-42-21-12-9-18-39(42)40-19-10-13-22-43(40)46/h3-30H,1H2,2H3/b16-4-. The highest BCUT2D eigenvalue weighted by atomic mass is 15.1. The van der Waals surface area contributed by atoms with Crippen LogP contribution in [-0.2, 0) is 0 Å². The summed E-state index contributed by atoms with van der Waals surface area (Å²) in [5, 5.41) is 3.77. The van der Waals surface area contributed by atoms with Crippen LogP contribution in [0.5, 0.6) is 0 Å². The summed E-state index contributed by atoms with van der Waals surface area (Å²) in [7, 11) is 0. The van der Waals surface area contributed by atoms with Crippen molar-refractivity contribution >= 4 is 55.8 Å². The van der Waals surface area contributed by atoms with Crippen molar-refractivity contribution in [2.24, 2.45) is 0 Å². The highest BCUT2D eigenvalue weighted by molar-refractivity contribution is 6.09. The molecule has 0 saturated carbocycles. The summed E-state index contributed by atoms with van der Waals surface area (Å²) in [6, 6.07) is 54.2. The van der Waals surface area contributed by atoms with E-state index in [0.717, 1.165) is 28.4 Å². The second-order valence-electron chi connectivity index (χ2n) is 11.5. The van der Waals surface area contributed by atoms with Crippen molar-refractivity contribution in [1.29, 1.82) is 0 Å². The van der Waals surface area contributed by atoms with Gasteiger partial charge in [0, 0.05) is 55.9 Å². The second-order valence-corrected chi connectivity index (χ2v) is 11.5. The van der Waals surface area contributed by atoms with Crippen LogP contribution in [0.4, 0.5) is 17.1 Å². The average Bonchev–Trinajstić information content (AvgIpc) is 3.60. The molecule has 0 saturated heterocycles. The molecule has 46 heavy (non-hydrogen) atoms. The van der Waals surface area contributed by atoms with E-state index in [2.05, 4.69) is 185 Å². The Bertz CT molecular complexity index is 2320. The summed E-state index contributed by atoms with van der Waals surface area (Å²) in [4.78, 5) is 2.32. The van der Waals surface area contributed by atoms with Gasteiger partial charge in [0.05, 0.1) is 16.6 Å². The molecule has 6 aromatic carbocycles. The van der Waals surface area contributed by atoms with Gasteiger partial charge < -0.3 is 14.0 Å². The third-order valence-electron chi connectivity index (χ3n) is 8.89. The van der Waals surface area contributed by atoms with Crippen molar-refractivity contribution in [2.75, 3.05) is 4.90 Å². The van der Waals surface area contributed by atoms with E-state index in [1.165, 1.54) is 44.0 Å². The molecule has 0 amide bonds. The number of anilines is 3. The molecular weight excluding hydrogens is 558 g/mol. The van der Waals surface area contributed by atoms with Gasteiger partial charge in [-0.1, -0.05) is 97.6 Å². The number of benzene rings is 6. The summed E-state index contributed by atoms with van der Waals surface area (Å²) in [5.74, 6) is 0. The zero-order valence-electron chi connectivity index (χ0n) is 25.7. The summed E-state index contributed by atoms with van der Waals surface area (Å²) in [6.07, 6.45) is 5.98. The minimum absolute atomic E-state index is 1.10. The van der Waals surface area contributed by atoms with Crippen molar-refractivity contribution < 1.29 is 0 Å². The molecule has 8 aromatic rings. The second kappa shape index (κ2) is 11.5. The van der Waals surface area contributed by atoms with Crippen LogP contribution in [0.3, 0.4) is 0 Å². The molecule has 2 aromatic heterocycles. The van der Waals surface area contributed by atoms with Crippen molar-refractivity contribution in [3.8, 4) is 11.4 Å².